The number of piperazine rings is 1. The quantitative estimate of drug-likeness (QED) is 0.855. The molecule has 1 saturated carbocycles. The van der Waals surface area contributed by atoms with Crippen LogP contribution < -0.4 is 5.32 Å². The van der Waals surface area contributed by atoms with E-state index in [9.17, 15) is 9.59 Å². The highest BCUT2D eigenvalue weighted by atomic mass is 35.5. The van der Waals surface area contributed by atoms with Crippen LogP contribution in [0.25, 0.3) is 0 Å². The second-order valence-corrected chi connectivity index (χ2v) is 6.37. The molecule has 1 N–H and O–H groups in total. The van der Waals surface area contributed by atoms with Gasteiger partial charge in [0.15, 0.2) is 0 Å². The van der Waals surface area contributed by atoms with Gasteiger partial charge in [-0.3, -0.25) is 9.59 Å². The highest BCUT2D eigenvalue weighted by Crippen LogP contribution is 2.23. The number of hydrogen-bond acceptors (Lipinski definition) is 3. The Hall–Kier alpha value is -0.810. The van der Waals surface area contributed by atoms with Crippen molar-refractivity contribution in [3.05, 3.63) is 0 Å². The average molecular weight is 332 g/mol. The number of rotatable bonds is 3. The molecule has 22 heavy (non-hydrogen) atoms. The smallest absolute Gasteiger partial charge is 0.242 e. The monoisotopic (exact) mass is 331 g/mol. The number of halogens is 1. The van der Waals surface area contributed by atoms with Crippen LogP contribution in [0.5, 0.6) is 0 Å². The zero-order valence-corrected chi connectivity index (χ0v) is 14.5. The van der Waals surface area contributed by atoms with Gasteiger partial charge in [0.25, 0.3) is 0 Å². The fourth-order valence-corrected chi connectivity index (χ4v) is 3.31. The summed E-state index contributed by atoms with van der Waals surface area (Å²) in [5, 5.41) is 3.24. The Kier molecular flexibility index (Phi) is 8.79. The molecule has 0 aromatic rings. The maximum atomic E-state index is 12.5. The molecule has 6 heteroatoms. The molecule has 2 amide bonds. The molecule has 0 unspecified atom stereocenters. The summed E-state index contributed by atoms with van der Waals surface area (Å²) in [6.45, 7) is 3.45. The van der Waals surface area contributed by atoms with Crippen LogP contribution in [0.4, 0.5) is 0 Å². The van der Waals surface area contributed by atoms with Crippen LogP contribution in [-0.4, -0.2) is 61.4 Å². The lowest BCUT2D eigenvalue weighted by atomic mass is 9.90. The minimum absolute atomic E-state index is 0. The minimum atomic E-state index is 0. The molecule has 1 heterocycles. The topological polar surface area (TPSA) is 52.7 Å². The van der Waals surface area contributed by atoms with Gasteiger partial charge in [-0.05, 0) is 12.8 Å². The van der Waals surface area contributed by atoms with Gasteiger partial charge in [-0.2, -0.15) is 0 Å². The summed E-state index contributed by atoms with van der Waals surface area (Å²) in [7, 11) is 1.78. The van der Waals surface area contributed by atoms with Crippen molar-refractivity contribution < 1.29 is 9.59 Å². The molecule has 0 bridgehead atoms. The summed E-state index contributed by atoms with van der Waals surface area (Å²) < 4.78 is 0. The zero-order chi connectivity index (χ0) is 15.1. The molecule has 2 fully saturated rings. The van der Waals surface area contributed by atoms with Gasteiger partial charge in [0.1, 0.15) is 0 Å². The van der Waals surface area contributed by atoms with E-state index in [2.05, 4.69) is 5.32 Å². The van der Waals surface area contributed by atoms with Crippen LogP contribution in [0.15, 0.2) is 0 Å². The summed E-state index contributed by atoms with van der Waals surface area (Å²) in [4.78, 5) is 28.3. The van der Waals surface area contributed by atoms with Crippen molar-refractivity contribution in [1.29, 1.82) is 0 Å². The third-order valence-electron chi connectivity index (χ3n) is 4.67. The Balaban J connectivity index is 0.00000242. The van der Waals surface area contributed by atoms with Gasteiger partial charge in [0, 0.05) is 39.1 Å². The third kappa shape index (κ3) is 5.76. The number of nitrogens with zero attached hydrogens (tertiary/aromatic N) is 2. The molecule has 0 radical (unpaired) electrons. The second kappa shape index (κ2) is 10.1. The molecule has 0 spiro atoms. The van der Waals surface area contributed by atoms with Crippen molar-refractivity contribution in [3.63, 3.8) is 0 Å². The lowest BCUT2D eigenvalue weighted by Crippen LogP contribution is -2.50. The highest BCUT2D eigenvalue weighted by Gasteiger charge is 2.25. The second-order valence-electron chi connectivity index (χ2n) is 6.37. The van der Waals surface area contributed by atoms with Gasteiger partial charge in [-0.25, -0.2) is 0 Å². The van der Waals surface area contributed by atoms with E-state index < -0.39 is 0 Å². The van der Waals surface area contributed by atoms with Crippen LogP contribution in [0.3, 0.4) is 0 Å². The first-order valence-electron chi connectivity index (χ1n) is 8.42. The van der Waals surface area contributed by atoms with Crippen molar-refractivity contribution >= 4 is 24.2 Å². The molecule has 2 aliphatic rings. The summed E-state index contributed by atoms with van der Waals surface area (Å²) in [6, 6.07) is 0. The third-order valence-corrected chi connectivity index (χ3v) is 4.67. The number of likely N-dealkylation sites (N-methyl/N-ethyl adjacent to an activating group) is 1. The highest BCUT2D eigenvalue weighted by molar-refractivity contribution is 5.86. The number of nitrogens with one attached hydrogen (secondary N) is 1. The van der Waals surface area contributed by atoms with Crippen LogP contribution in [0.2, 0.25) is 0 Å². The van der Waals surface area contributed by atoms with Crippen molar-refractivity contribution in [2.24, 2.45) is 5.92 Å². The molecule has 1 aliphatic carbocycles. The van der Waals surface area contributed by atoms with Crippen LogP contribution in [-0.2, 0) is 9.59 Å². The number of amides is 2. The Morgan fingerprint density at radius 1 is 1.05 bits per heavy atom. The van der Waals surface area contributed by atoms with Gasteiger partial charge in [-0.15, -0.1) is 12.4 Å². The lowest BCUT2D eigenvalue weighted by molar-refractivity contribution is -0.142. The predicted molar refractivity (Wildman–Crippen MR) is 90.1 cm³/mol. The summed E-state index contributed by atoms with van der Waals surface area (Å²) in [5.74, 6) is 0.379. The van der Waals surface area contributed by atoms with Crippen LogP contribution in [0, 0.1) is 5.92 Å². The van der Waals surface area contributed by atoms with Crippen molar-refractivity contribution in [2.45, 2.75) is 44.9 Å². The molecule has 0 atom stereocenters. The molecule has 128 valence electrons. The first kappa shape index (κ1) is 19.2. The Morgan fingerprint density at radius 3 is 2.18 bits per heavy atom. The Labute approximate surface area is 140 Å². The van der Waals surface area contributed by atoms with Gasteiger partial charge in [0.2, 0.25) is 11.8 Å². The Bertz CT molecular complexity index is 351. The predicted octanol–water partition coefficient (Wildman–Crippen LogP) is 1.66. The van der Waals surface area contributed by atoms with Crippen LogP contribution in [0.1, 0.15) is 44.9 Å². The van der Waals surface area contributed by atoms with E-state index in [1.807, 2.05) is 4.90 Å². The van der Waals surface area contributed by atoms with Crippen molar-refractivity contribution in [3.8, 4) is 0 Å². The van der Waals surface area contributed by atoms with E-state index in [0.717, 1.165) is 51.9 Å². The average Bonchev–Trinajstić information content (AvgIpc) is 2.47. The fourth-order valence-electron chi connectivity index (χ4n) is 3.31. The van der Waals surface area contributed by atoms with E-state index in [0.29, 0.717) is 0 Å². The molecule has 1 aliphatic heterocycles. The fraction of sp³-hybridized carbons (Fsp3) is 0.875. The number of hydrogen-bond donors (Lipinski definition) is 1. The van der Waals surface area contributed by atoms with Gasteiger partial charge >= 0.3 is 0 Å². The largest absolute Gasteiger partial charge is 0.339 e. The number of carbonyl (C=O) groups excluding carboxylic acids is 2. The van der Waals surface area contributed by atoms with Crippen LogP contribution >= 0.6 is 12.4 Å². The normalized spacial score (nSPS) is 20.5. The zero-order valence-electron chi connectivity index (χ0n) is 13.7. The Morgan fingerprint density at radius 2 is 1.59 bits per heavy atom. The summed E-state index contributed by atoms with van der Waals surface area (Å²) >= 11 is 0. The molecule has 2 rings (SSSR count). The van der Waals surface area contributed by atoms with Gasteiger partial charge in [-0.1, -0.05) is 32.1 Å². The maximum Gasteiger partial charge on any atom is 0.242 e. The number of carbonyl (C=O) groups is 2. The van der Waals surface area contributed by atoms with E-state index in [-0.39, 0.29) is 36.7 Å². The molecular formula is C16H30ClN3O2. The maximum absolute atomic E-state index is 12.5. The summed E-state index contributed by atoms with van der Waals surface area (Å²) in [6.07, 6.45) is 8.07. The van der Waals surface area contributed by atoms with E-state index in [1.54, 1.807) is 11.9 Å². The standard InChI is InChI=1S/C16H29N3O2.ClH/c1-18(13-15(20)19-11-9-17-10-12-19)16(21)14-7-5-3-2-4-6-8-14;/h14,17H,2-13H2,1H3;1H. The van der Waals surface area contributed by atoms with E-state index >= 15 is 0 Å². The van der Waals surface area contributed by atoms with Gasteiger partial charge < -0.3 is 15.1 Å². The molecule has 1 saturated heterocycles. The molecular weight excluding hydrogens is 302 g/mol. The van der Waals surface area contributed by atoms with Crippen molar-refractivity contribution in [1.82, 2.24) is 15.1 Å². The molecule has 5 nitrogen and oxygen atoms in total. The van der Waals surface area contributed by atoms with E-state index in [4.69, 9.17) is 0 Å². The molecule has 0 aromatic carbocycles. The first-order chi connectivity index (χ1) is 10.2. The molecule has 0 aromatic heterocycles. The SMILES string of the molecule is CN(CC(=O)N1CCNCC1)C(=O)C1CCCCCCC1.Cl. The lowest BCUT2D eigenvalue weighted by Gasteiger charge is -2.30. The van der Waals surface area contributed by atoms with Gasteiger partial charge in [0.05, 0.1) is 6.54 Å². The minimum Gasteiger partial charge on any atom is -0.339 e. The van der Waals surface area contributed by atoms with Crippen molar-refractivity contribution in [2.75, 3.05) is 39.8 Å². The van der Waals surface area contributed by atoms with E-state index in [1.165, 1.54) is 19.3 Å². The first-order valence-corrected chi connectivity index (χ1v) is 8.42. The summed E-state index contributed by atoms with van der Waals surface area (Å²) in [5.41, 5.74) is 0.